The number of hydrogen-bond acceptors (Lipinski definition) is 3. The minimum Gasteiger partial charge on any atom is -0.313 e. The Kier molecular flexibility index (Phi) is 3.77. The third-order valence-corrected chi connectivity index (χ3v) is 3.05. The molecule has 96 valence electrons. The summed E-state index contributed by atoms with van der Waals surface area (Å²) in [5, 5.41) is 7.58. The molecule has 2 aromatic rings. The van der Waals surface area contributed by atoms with Crippen LogP contribution < -0.4 is 5.32 Å². The number of nitrogens with zero attached hydrogens (tertiary/aromatic N) is 3. The molecule has 0 spiro atoms. The molecule has 0 fully saturated rings. The maximum atomic E-state index is 4.42. The zero-order valence-corrected chi connectivity index (χ0v) is 11.4. The van der Waals surface area contributed by atoms with E-state index < -0.39 is 0 Å². The van der Waals surface area contributed by atoms with Crippen molar-refractivity contribution in [2.45, 2.75) is 26.3 Å². The summed E-state index contributed by atoms with van der Waals surface area (Å²) in [6.07, 6.45) is 4.92. The zero-order chi connectivity index (χ0) is 13.1. The van der Waals surface area contributed by atoms with Gasteiger partial charge in [0.05, 0.1) is 6.20 Å². The first-order valence-corrected chi connectivity index (χ1v) is 6.18. The molecule has 0 saturated carbocycles. The maximum absolute atomic E-state index is 4.42. The molecule has 2 rings (SSSR count). The van der Waals surface area contributed by atoms with Gasteiger partial charge in [0.2, 0.25) is 0 Å². The highest BCUT2D eigenvalue weighted by molar-refractivity contribution is 5.25. The molecule has 1 N–H and O–H groups in total. The highest BCUT2D eigenvalue weighted by atomic mass is 15.2. The lowest BCUT2D eigenvalue weighted by Gasteiger charge is -2.16. The van der Waals surface area contributed by atoms with E-state index in [1.54, 1.807) is 0 Å². The second-order valence-electron chi connectivity index (χ2n) is 4.75. The van der Waals surface area contributed by atoms with E-state index in [9.17, 15) is 0 Å². The molecule has 18 heavy (non-hydrogen) atoms. The monoisotopic (exact) mass is 244 g/mol. The summed E-state index contributed by atoms with van der Waals surface area (Å²) in [5.74, 6) is 0. The van der Waals surface area contributed by atoms with E-state index in [2.05, 4.69) is 33.7 Å². The molecule has 0 radical (unpaired) electrons. The van der Waals surface area contributed by atoms with Crippen molar-refractivity contribution in [1.29, 1.82) is 0 Å². The average molecular weight is 244 g/mol. The molecule has 4 heteroatoms. The zero-order valence-electron chi connectivity index (χ0n) is 11.4. The lowest BCUT2D eigenvalue weighted by atomic mass is 10.0. The van der Waals surface area contributed by atoms with Gasteiger partial charge in [0, 0.05) is 30.7 Å². The van der Waals surface area contributed by atoms with Gasteiger partial charge in [-0.05, 0) is 50.6 Å². The van der Waals surface area contributed by atoms with Crippen LogP contribution in [0.3, 0.4) is 0 Å². The van der Waals surface area contributed by atoms with Gasteiger partial charge >= 0.3 is 0 Å². The molecule has 1 atom stereocenters. The van der Waals surface area contributed by atoms with Crippen LogP contribution in [0.5, 0.6) is 0 Å². The van der Waals surface area contributed by atoms with Crippen LogP contribution in [0.25, 0.3) is 0 Å². The van der Waals surface area contributed by atoms with Gasteiger partial charge in [-0.2, -0.15) is 5.10 Å². The number of pyridine rings is 1. The van der Waals surface area contributed by atoms with E-state index in [4.69, 9.17) is 0 Å². The summed E-state index contributed by atoms with van der Waals surface area (Å²) >= 11 is 0. The molecule has 0 aliphatic heterocycles. The lowest BCUT2D eigenvalue weighted by Crippen LogP contribution is -2.19. The maximum Gasteiger partial charge on any atom is 0.0522 e. The molecule has 2 aromatic heterocycles. The Hall–Kier alpha value is -1.68. The van der Waals surface area contributed by atoms with Gasteiger partial charge in [0.15, 0.2) is 0 Å². The van der Waals surface area contributed by atoms with E-state index >= 15 is 0 Å². The molecule has 4 nitrogen and oxygen atoms in total. The van der Waals surface area contributed by atoms with Gasteiger partial charge in [-0.3, -0.25) is 9.67 Å². The molecule has 0 aromatic carbocycles. The van der Waals surface area contributed by atoms with Crippen molar-refractivity contribution < 1.29 is 0 Å². The Morgan fingerprint density at radius 1 is 1.28 bits per heavy atom. The SMILES string of the molecule is CNC(Cc1cnn(C)c1)c1cc(C)nc(C)c1. The van der Waals surface area contributed by atoms with Gasteiger partial charge in [-0.1, -0.05) is 0 Å². The number of nitrogens with one attached hydrogen (secondary N) is 1. The van der Waals surface area contributed by atoms with Gasteiger partial charge in [-0.25, -0.2) is 0 Å². The van der Waals surface area contributed by atoms with Crippen molar-refractivity contribution in [2.75, 3.05) is 7.05 Å². The average Bonchev–Trinajstić information content (AvgIpc) is 2.70. The van der Waals surface area contributed by atoms with Crippen LogP contribution >= 0.6 is 0 Å². The fourth-order valence-electron chi connectivity index (χ4n) is 2.27. The molecule has 0 saturated heterocycles. The van der Waals surface area contributed by atoms with Crippen LogP contribution in [-0.2, 0) is 13.5 Å². The molecule has 0 amide bonds. The van der Waals surface area contributed by atoms with E-state index in [-0.39, 0.29) is 0 Å². The third-order valence-electron chi connectivity index (χ3n) is 3.05. The largest absolute Gasteiger partial charge is 0.313 e. The quantitative estimate of drug-likeness (QED) is 0.893. The number of aryl methyl sites for hydroxylation is 3. The first-order valence-electron chi connectivity index (χ1n) is 6.18. The third kappa shape index (κ3) is 2.96. The van der Waals surface area contributed by atoms with Crippen LogP contribution in [0.15, 0.2) is 24.5 Å². The van der Waals surface area contributed by atoms with E-state index in [1.165, 1.54) is 11.1 Å². The lowest BCUT2D eigenvalue weighted by molar-refractivity contribution is 0.589. The summed E-state index contributed by atoms with van der Waals surface area (Å²) in [7, 11) is 3.94. The standard InChI is InChI=1S/C14H20N4/c1-10-5-13(6-11(2)17-10)14(15-3)7-12-8-16-18(4)9-12/h5-6,8-9,14-15H,7H2,1-4H3. The summed E-state index contributed by atoms with van der Waals surface area (Å²) in [4.78, 5) is 4.42. The predicted octanol–water partition coefficient (Wildman–Crippen LogP) is 1.94. The minimum atomic E-state index is 0.301. The van der Waals surface area contributed by atoms with Crippen molar-refractivity contribution in [1.82, 2.24) is 20.1 Å². The topological polar surface area (TPSA) is 42.7 Å². The van der Waals surface area contributed by atoms with Crippen molar-refractivity contribution >= 4 is 0 Å². The smallest absolute Gasteiger partial charge is 0.0522 e. The van der Waals surface area contributed by atoms with Gasteiger partial charge in [-0.15, -0.1) is 0 Å². The molecule has 0 bridgehead atoms. The first-order chi connectivity index (χ1) is 8.58. The molecule has 0 aliphatic rings. The second-order valence-corrected chi connectivity index (χ2v) is 4.75. The normalized spacial score (nSPS) is 12.7. The molecule has 2 heterocycles. The Bertz CT molecular complexity index is 510. The Morgan fingerprint density at radius 2 is 1.94 bits per heavy atom. The Morgan fingerprint density at radius 3 is 2.44 bits per heavy atom. The van der Waals surface area contributed by atoms with Crippen molar-refractivity contribution in [3.8, 4) is 0 Å². The molecule has 1 unspecified atom stereocenters. The van der Waals surface area contributed by atoms with Gasteiger partial charge in [0.25, 0.3) is 0 Å². The predicted molar refractivity (Wildman–Crippen MR) is 72.4 cm³/mol. The number of rotatable bonds is 4. The van der Waals surface area contributed by atoms with Crippen LogP contribution in [-0.4, -0.2) is 21.8 Å². The van der Waals surface area contributed by atoms with Crippen LogP contribution in [0.4, 0.5) is 0 Å². The van der Waals surface area contributed by atoms with E-state index in [0.717, 1.165) is 17.8 Å². The van der Waals surface area contributed by atoms with Gasteiger partial charge in [0.1, 0.15) is 0 Å². The van der Waals surface area contributed by atoms with Gasteiger partial charge < -0.3 is 5.32 Å². The van der Waals surface area contributed by atoms with Crippen LogP contribution in [0, 0.1) is 13.8 Å². The van der Waals surface area contributed by atoms with Crippen molar-refractivity contribution in [2.24, 2.45) is 7.05 Å². The van der Waals surface area contributed by atoms with E-state index in [1.807, 2.05) is 38.8 Å². The summed E-state index contributed by atoms with van der Waals surface area (Å²) in [5.41, 5.74) is 4.66. The van der Waals surface area contributed by atoms with E-state index in [0.29, 0.717) is 6.04 Å². The Labute approximate surface area is 108 Å². The number of aromatic nitrogens is 3. The number of hydrogen-bond donors (Lipinski definition) is 1. The fraction of sp³-hybridized carbons (Fsp3) is 0.429. The summed E-state index contributed by atoms with van der Waals surface area (Å²) < 4.78 is 1.84. The molecule has 0 aliphatic carbocycles. The molecular formula is C14H20N4. The van der Waals surface area contributed by atoms with Crippen LogP contribution in [0.2, 0.25) is 0 Å². The summed E-state index contributed by atoms with van der Waals surface area (Å²) in [6.45, 7) is 4.07. The van der Waals surface area contributed by atoms with Crippen molar-refractivity contribution in [3.05, 3.63) is 47.0 Å². The molecular weight excluding hydrogens is 224 g/mol. The highest BCUT2D eigenvalue weighted by Gasteiger charge is 2.12. The second kappa shape index (κ2) is 5.31. The number of likely N-dealkylation sites (N-methyl/N-ethyl adjacent to an activating group) is 1. The van der Waals surface area contributed by atoms with Crippen molar-refractivity contribution in [3.63, 3.8) is 0 Å². The summed E-state index contributed by atoms with van der Waals surface area (Å²) in [6, 6.07) is 4.59. The van der Waals surface area contributed by atoms with Crippen LogP contribution in [0.1, 0.15) is 28.6 Å². The first kappa shape index (κ1) is 12.8. The fourth-order valence-corrected chi connectivity index (χ4v) is 2.27. The Balaban J connectivity index is 2.22. The highest BCUT2D eigenvalue weighted by Crippen LogP contribution is 2.19. The minimum absolute atomic E-state index is 0.301.